The Hall–Kier alpha value is -0.110. The van der Waals surface area contributed by atoms with Crippen molar-refractivity contribution in [3.8, 4) is 0 Å². The summed E-state index contributed by atoms with van der Waals surface area (Å²) in [5.74, 6) is 1.07. The molecule has 0 spiro atoms. The third-order valence-corrected chi connectivity index (χ3v) is 0.995. The molecule has 0 aromatic carbocycles. The number of rotatable bonds is 0. The highest BCUT2D eigenvalue weighted by atomic mass is 32.2. The molecule has 27 valence electrons. The van der Waals surface area contributed by atoms with Gasteiger partial charge in [0.1, 0.15) is 0 Å². The highest BCUT2D eigenvalue weighted by molar-refractivity contribution is 7.97. The zero-order valence-corrected chi connectivity index (χ0v) is 3.51. The Morgan fingerprint density at radius 1 is 2.00 bits per heavy atom. The van der Waals surface area contributed by atoms with Crippen LogP contribution in [0.15, 0.2) is 6.08 Å². The van der Waals surface area contributed by atoms with Gasteiger partial charge in [0, 0.05) is 5.75 Å². The molecule has 1 aliphatic rings. The molecule has 5 heavy (non-hydrogen) atoms. The molecule has 1 nitrogen and oxygen atoms in total. The lowest BCUT2D eigenvalue weighted by Crippen LogP contribution is -1.79. The van der Waals surface area contributed by atoms with Gasteiger partial charge in [-0.3, -0.25) is 0 Å². The maximum Gasteiger partial charge on any atom is 0.0649 e. The second kappa shape index (κ2) is 1.36. The molecule has 0 saturated carbocycles. The van der Waals surface area contributed by atoms with Crippen molar-refractivity contribution >= 4 is 11.9 Å². The van der Waals surface area contributed by atoms with Gasteiger partial charge in [-0.2, -0.15) is 0 Å². The lowest BCUT2D eigenvalue weighted by atomic mass is 10.7. The second-order valence-corrected chi connectivity index (χ2v) is 1.59. The SMILES string of the molecule is [C]1=CCSN1. The third kappa shape index (κ3) is 0.581. The third-order valence-electron chi connectivity index (χ3n) is 0.400. The summed E-state index contributed by atoms with van der Waals surface area (Å²) in [6.07, 6.45) is 4.77. The molecular formula is C3H4NS. The molecule has 1 heterocycles. The Labute approximate surface area is 35.6 Å². The van der Waals surface area contributed by atoms with Gasteiger partial charge in [0.2, 0.25) is 0 Å². The fourth-order valence-electron chi connectivity index (χ4n) is 0.208. The lowest BCUT2D eigenvalue weighted by molar-refractivity contribution is 1.39. The normalized spacial score (nSPS) is 19.2. The van der Waals surface area contributed by atoms with Gasteiger partial charge in [-0.15, -0.1) is 0 Å². The van der Waals surface area contributed by atoms with Crippen LogP contribution in [0.25, 0.3) is 0 Å². The average molecular weight is 86.1 g/mol. The van der Waals surface area contributed by atoms with Gasteiger partial charge in [0.05, 0.1) is 6.20 Å². The fraction of sp³-hybridized carbons (Fsp3) is 0.333. The highest BCUT2D eigenvalue weighted by Crippen LogP contribution is 1.97. The molecule has 0 saturated heterocycles. The molecular weight excluding hydrogens is 82.1 g/mol. The van der Waals surface area contributed by atoms with E-state index in [2.05, 4.69) is 10.9 Å². The lowest BCUT2D eigenvalue weighted by Gasteiger charge is -1.76. The van der Waals surface area contributed by atoms with Crippen LogP contribution in [0.3, 0.4) is 0 Å². The smallest absolute Gasteiger partial charge is 0.0649 e. The Kier molecular flexibility index (Phi) is 0.841. The number of nitrogens with one attached hydrogen (secondary N) is 1. The summed E-state index contributed by atoms with van der Waals surface area (Å²) in [7, 11) is 0. The molecule has 1 radical (unpaired) electrons. The van der Waals surface area contributed by atoms with Crippen molar-refractivity contribution in [1.29, 1.82) is 0 Å². The Balaban J connectivity index is 2.32. The van der Waals surface area contributed by atoms with Crippen LogP contribution >= 0.6 is 11.9 Å². The predicted molar refractivity (Wildman–Crippen MR) is 23.4 cm³/mol. The maximum atomic E-state index is 2.83. The van der Waals surface area contributed by atoms with E-state index in [9.17, 15) is 0 Å². The molecule has 1 aliphatic heterocycles. The summed E-state index contributed by atoms with van der Waals surface area (Å²) >= 11 is 1.66. The van der Waals surface area contributed by atoms with Crippen LogP contribution in [-0.4, -0.2) is 5.75 Å². The van der Waals surface area contributed by atoms with Gasteiger partial charge in [-0.25, -0.2) is 0 Å². The molecule has 0 aliphatic carbocycles. The first-order chi connectivity index (χ1) is 2.50. The van der Waals surface area contributed by atoms with Gasteiger partial charge in [0.25, 0.3) is 0 Å². The summed E-state index contributed by atoms with van der Waals surface area (Å²) in [6.45, 7) is 0. The molecule has 0 aromatic rings. The van der Waals surface area contributed by atoms with Crippen molar-refractivity contribution in [2.75, 3.05) is 5.75 Å². The van der Waals surface area contributed by atoms with Crippen molar-refractivity contribution in [2.24, 2.45) is 0 Å². The number of hydrogen-bond acceptors (Lipinski definition) is 2. The topological polar surface area (TPSA) is 12.0 Å². The monoisotopic (exact) mass is 86.0 g/mol. The minimum absolute atomic E-state index is 1.07. The molecule has 0 unspecified atom stereocenters. The largest absolute Gasteiger partial charge is 0.328 e. The van der Waals surface area contributed by atoms with Crippen LogP contribution in [0.1, 0.15) is 0 Å². The zero-order chi connectivity index (χ0) is 3.54. The first kappa shape index (κ1) is 3.09. The van der Waals surface area contributed by atoms with Gasteiger partial charge in [0.15, 0.2) is 0 Å². The van der Waals surface area contributed by atoms with Gasteiger partial charge >= 0.3 is 0 Å². The Morgan fingerprint density at radius 3 is 3.20 bits per heavy atom. The summed E-state index contributed by atoms with van der Waals surface area (Å²) < 4.78 is 2.83. The average Bonchev–Trinajstić information content (AvgIpc) is 1.76. The highest BCUT2D eigenvalue weighted by Gasteiger charge is 1.83. The van der Waals surface area contributed by atoms with Crippen molar-refractivity contribution in [3.05, 3.63) is 12.3 Å². The van der Waals surface area contributed by atoms with Crippen LogP contribution in [0.2, 0.25) is 0 Å². The van der Waals surface area contributed by atoms with E-state index in [0.717, 1.165) is 5.75 Å². The standard InChI is InChI=1S/C3H4NS/c1-2-4-5-3-1/h1,4H,3H2. The van der Waals surface area contributed by atoms with Crippen LogP contribution in [0.5, 0.6) is 0 Å². The van der Waals surface area contributed by atoms with Gasteiger partial charge < -0.3 is 4.72 Å². The van der Waals surface area contributed by atoms with Crippen molar-refractivity contribution in [1.82, 2.24) is 4.72 Å². The number of hydrogen-bond donors (Lipinski definition) is 1. The van der Waals surface area contributed by atoms with Crippen LogP contribution in [-0.2, 0) is 0 Å². The van der Waals surface area contributed by atoms with Crippen LogP contribution in [0, 0.1) is 6.20 Å². The van der Waals surface area contributed by atoms with Crippen LogP contribution in [0.4, 0.5) is 0 Å². The molecule has 0 fully saturated rings. The van der Waals surface area contributed by atoms with Gasteiger partial charge in [-0.1, -0.05) is 0 Å². The minimum Gasteiger partial charge on any atom is -0.328 e. The summed E-state index contributed by atoms with van der Waals surface area (Å²) in [4.78, 5) is 0. The Bertz CT molecular complexity index is 44.9. The predicted octanol–water partition coefficient (Wildman–Crippen LogP) is 0.555. The van der Waals surface area contributed by atoms with E-state index in [1.165, 1.54) is 0 Å². The van der Waals surface area contributed by atoms with Crippen molar-refractivity contribution in [2.45, 2.75) is 0 Å². The Morgan fingerprint density at radius 2 is 3.00 bits per heavy atom. The molecule has 1 N–H and O–H groups in total. The van der Waals surface area contributed by atoms with E-state index >= 15 is 0 Å². The van der Waals surface area contributed by atoms with E-state index in [4.69, 9.17) is 0 Å². The molecule has 0 bridgehead atoms. The summed E-state index contributed by atoms with van der Waals surface area (Å²) in [6, 6.07) is 0. The quantitative estimate of drug-likeness (QED) is 0.432. The van der Waals surface area contributed by atoms with E-state index in [1.807, 2.05) is 6.08 Å². The maximum absolute atomic E-state index is 2.83. The second-order valence-electron chi connectivity index (χ2n) is 0.762. The molecule has 0 amide bonds. The summed E-state index contributed by atoms with van der Waals surface area (Å²) in [5.41, 5.74) is 0. The molecule has 2 heteroatoms. The minimum atomic E-state index is 1.07. The molecule has 0 aromatic heterocycles. The van der Waals surface area contributed by atoms with Gasteiger partial charge in [-0.05, 0) is 18.0 Å². The molecule has 0 atom stereocenters. The van der Waals surface area contributed by atoms with Crippen LogP contribution < -0.4 is 4.72 Å². The summed E-state index contributed by atoms with van der Waals surface area (Å²) in [5, 5.41) is 0. The van der Waals surface area contributed by atoms with E-state index in [1.54, 1.807) is 11.9 Å². The van der Waals surface area contributed by atoms with E-state index in [0.29, 0.717) is 0 Å². The van der Waals surface area contributed by atoms with Crippen molar-refractivity contribution in [3.63, 3.8) is 0 Å². The first-order valence-corrected chi connectivity index (χ1v) is 2.43. The van der Waals surface area contributed by atoms with E-state index in [-0.39, 0.29) is 0 Å². The fourth-order valence-corrected chi connectivity index (χ4v) is 0.625. The zero-order valence-electron chi connectivity index (χ0n) is 2.69. The van der Waals surface area contributed by atoms with E-state index < -0.39 is 0 Å². The molecule has 1 rings (SSSR count). The van der Waals surface area contributed by atoms with Crippen molar-refractivity contribution < 1.29 is 0 Å². The first-order valence-electron chi connectivity index (χ1n) is 1.44.